The van der Waals surface area contributed by atoms with Gasteiger partial charge in [0, 0.05) is 25.2 Å². The summed E-state index contributed by atoms with van der Waals surface area (Å²) in [7, 11) is -4.98. The van der Waals surface area contributed by atoms with Gasteiger partial charge in [0.05, 0.1) is 42.6 Å². The first-order chi connectivity index (χ1) is 22.1. The zero-order valence-electron chi connectivity index (χ0n) is 23.8. The van der Waals surface area contributed by atoms with E-state index in [4.69, 9.17) is 29.8 Å². The number of thioether (sulfide) groups is 1. The normalized spacial score (nSPS) is 32.1. The van der Waals surface area contributed by atoms with Gasteiger partial charge in [-0.1, -0.05) is 0 Å². The van der Waals surface area contributed by atoms with Gasteiger partial charge in [0.2, 0.25) is 5.95 Å². The van der Waals surface area contributed by atoms with Crippen molar-refractivity contribution in [3.63, 3.8) is 0 Å². The highest BCUT2D eigenvalue weighted by Crippen LogP contribution is 2.65. The smallest absolute Gasteiger partial charge is 0.392 e. The van der Waals surface area contributed by atoms with Crippen LogP contribution in [-0.2, 0) is 34.7 Å². The van der Waals surface area contributed by atoms with Gasteiger partial charge in [-0.15, -0.1) is 11.8 Å². The Morgan fingerprint density at radius 1 is 1.11 bits per heavy atom. The predicted octanol–water partition coefficient (Wildman–Crippen LogP) is -0.786. The van der Waals surface area contributed by atoms with Gasteiger partial charge in [0.1, 0.15) is 23.7 Å². The van der Waals surface area contributed by atoms with Crippen LogP contribution in [0.25, 0.3) is 22.3 Å². The number of nitrogens with two attached hydrogens (primary N) is 2. The van der Waals surface area contributed by atoms with Crippen LogP contribution in [-0.4, -0.2) is 99.9 Å². The summed E-state index contributed by atoms with van der Waals surface area (Å²) in [4.78, 5) is 65.1. The second-order valence-electron chi connectivity index (χ2n) is 11.4. The first-order valence-corrected chi connectivity index (χ1v) is 18.9. The summed E-state index contributed by atoms with van der Waals surface area (Å²) in [5, 5.41) is 21.0. The van der Waals surface area contributed by atoms with Crippen LogP contribution >= 0.6 is 26.3 Å². The number of H-pyrrole nitrogens is 1. The molecule has 1 unspecified atom stereocenters. The van der Waals surface area contributed by atoms with E-state index in [1.807, 2.05) is 0 Å². The van der Waals surface area contributed by atoms with E-state index < -0.39 is 80.0 Å². The fourth-order valence-corrected chi connectivity index (χ4v) is 9.38. The molecule has 0 amide bonds. The summed E-state index contributed by atoms with van der Waals surface area (Å²) in [6.45, 7) is -5.08. The maximum absolute atomic E-state index is 13.2. The fraction of sp³-hybridized carbons (Fsp3) is 0.545. The van der Waals surface area contributed by atoms with E-state index >= 15 is 0 Å². The van der Waals surface area contributed by atoms with Crippen LogP contribution < -0.4 is 17.0 Å². The topological polar surface area (TPSA) is 314 Å². The van der Waals surface area contributed by atoms with Crippen LogP contribution in [0.5, 0.6) is 0 Å². The highest BCUT2D eigenvalue weighted by Gasteiger charge is 2.72. The quantitative estimate of drug-likeness (QED) is 0.0731. The SMILES string of the molecule is Nc1nc2c(ncn2[C@H]2C[C@H](O)[C@@H](COP(=O)(O)O[C@]3(O)C[C@]4(COP(O)(O)=S)O[C@@H](n5cnc6c(N)ncnc65)C[C@@H]43)S2)c(=O)[nH]1. The number of phosphoric acid groups is 1. The average molecular weight is 735 g/mol. The first-order valence-electron chi connectivity index (χ1n) is 13.8. The molecule has 2 aliphatic heterocycles. The molecule has 6 heterocycles. The number of nitrogens with zero attached hydrogens (tertiary/aromatic N) is 7. The molecule has 0 aromatic carbocycles. The van der Waals surface area contributed by atoms with Crippen LogP contribution in [0.3, 0.4) is 0 Å². The Morgan fingerprint density at radius 2 is 1.85 bits per heavy atom. The molecule has 2 saturated heterocycles. The van der Waals surface area contributed by atoms with Gasteiger partial charge in [-0.05, 0) is 11.8 Å². The van der Waals surface area contributed by atoms with Crippen molar-refractivity contribution in [1.82, 2.24) is 39.0 Å². The van der Waals surface area contributed by atoms with Gasteiger partial charge in [-0.3, -0.25) is 23.4 Å². The minimum absolute atomic E-state index is 0.0198. The van der Waals surface area contributed by atoms with Gasteiger partial charge in [-0.25, -0.2) is 24.5 Å². The summed E-state index contributed by atoms with van der Waals surface area (Å²) in [5.74, 6) is -3.31. The van der Waals surface area contributed by atoms with Crippen molar-refractivity contribution >= 4 is 72.2 Å². The van der Waals surface area contributed by atoms with Crippen molar-refractivity contribution in [3.05, 3.63) is 29.3 Å². The van der Waals surface area contributed by atoms with E-state index in [-0.39, 0.29) is 35.8 Å². The second kappa shape index (κ2) is 11.5. The van der Waals surface area contributed by atoms with Gasteiger partial charge in [0.25, 0.3) is 5.56 Å². The number of ether oxygens (including phenoxy) is 1. The number of aliphatic hydroxyl groups is 2. The Kier molecular flexibility index (Phi) is 8.03. The highest BCUT2D eigenvalue weighted by molar-refractivity contribution is 8.06. The summed E-state index contributed by atoms with van der Waals surface area (Å²) >= 11 is 5.77. The van der Waals surface area contributed by atoms with Crippen molar-refractivity contribution in [3.8, 4) is 0 Å². The number of hydrogen-bond acceptors (Lipinski definition) is 17. The van der Waals surface area contributed by atoms with Crippen molar-refractivity contribution in [2.24, 2.45) is 5.92 Å². The van der Waals surface area contributed by atoms with Crippen molar-refractivity contribution in [2.45, 2.75) is 53.6 Å². The van der Waals surface area contributed by atoms with E-state index in [2.05, 4.69) is 41.7 Å². The first kappa shape index (κ1) is 32.9. The molecule has 3 fully saturated rings. The minimum atomic E-state index is -4.98. The Hall–Kier alpha value is -2.63. The Labute approximate surface area is 272 Å². The lowest BCUT2D eigenvalue weighted by Crippen LogP contribution is -2.66. The number of hydrogen-bond donors (Lipinski definition) is 8. The van der Waals surface area contributed by atoms with Gasteiger partial charge >= 0.3 is 14.5 Å². The van der Waals surface area contributed by atoms with Crippen LogP contribution in [0, 0.1) is 5.92 Å². The number of aromatic nitrogens is 8. The number of aromatic amines is 1. The number of imidazole rings is 2. The molecule has 10 N–H and O–H groups in total. The van der Waals surface area contributed by atoms with Crippen LogP contribution in [0.2, 0.25) is 0 Å². The van der Waals surface area contributed by atoms with E-state index in [1.54, 1.807) is 4.57 Å². The average Bonchev–Trinajstić information content (AvgIpc) is 3.74. The van der Waals surface area contributed by atoms with Crippen molar-refractivity contribution < 1.29 is 47.8 Å². The third-order valence-corrected chi connectivity index (χ3v) is 11.7. The number of rotatable bonds is 10. The third-order valence-electron chi connectivity index (χ3n) is 8.35. The Bertz CT molecular complexity index is 2030. The van der Waals surface area contributed by atoms with E-state index in [1.165, 1.54) is 35.3 Å². The molecule has 25 heteroatoms. The molecular formula is C22H28N10O11P2S2. The van der Waals surface area contributed by atoms with Gasteiger partial charge < -0.3 is 50.2 Å². The fourth-order valence-electron chi connectivity index (χ4n) is 6.31. The number of nitrogen functional groups attached to an aromatic ring is 2. The number of aliphatic hydroxyl groups excluding tert-OH is 1. The second-order valence-corrected chi connectivity index (χ2v) is 16.8. The molecule has 254 valence electrons. The number of nitrogens with one attached hydrogen (secondary N) is 1. The van der Waals surface area contributed by atoms with Crippen molar-refractivity contribution in [2.75, 3.05) is 24.7 Å². The molecule has 0 radical (unpaired) electrons. The maximum Gasteiger partial charge on any atom is 0.474 e. The summed E-state index contributed by atoms with van der Waals surface area (Å²) < 4.78 is 38.1. The van der Waals surface area contributed by atoms with E-state index in [0.717, 1.165) is 0 Å². The van der Waals surface area contributed by atoms with Crippen molar-refractivity contribution in [1.29, 1.82) is 0 Å². The molecule has 8 atom stereocenters. The summed E-state index contributed by atoms with van der Waals surface area (Å²) in [5.41, 5.74) is 10.5. The molecule has 4 aromatic heterocycles. The minimum Gasteiger partial charge on any atom is -0.392 e. The molecule has 0 spiro atoms. The zero-order valence-corrected chi connectivity index (χ0v) is 27.3. The van der Waals surface area contributed by atoms with Gasteiger partial charge in [-0.2, -0.15) is 4.98 Å². The molecular weight excluding hydrogens is 706 g/mol. The lowest BCUT2D eigenvalue weighted by atomic mass is 9.64. The molecule has 1 aliphatic carbocycles. The predicted molar refractivity (Wildman–Crippen MR) is 165 cm³/mol. The zero-order chi connectivity index (χ0) is 33.5. The summed E-state index contributed by atoms with van der Waals surface area (Å²) in [6.07, 6.45) is 1.88. The van der Waals surface area contributed by atoms with Crippen LogP contribution in [0.4, 0.5) is 11.8 Å². The van der Waals surface area contributed by atoms with Gasteiger partial charge in [0.15, 0.2) is 28.4 Å². The monoisotopic (exact) mass is 734 g/mol. The lowest BCUT2D eigenvalue weighted by molar-refractivity contribution is -0.320. The van der Waals surface area contributed by atoms with E-state index in [9.17, 15) is 34.3 Å². The number of fused-ring (bicyclic) bond motifs is 3. The molecule has 47 heavy (non-hydrogen) atoms. The number of phosphoric ester groups is 1. The largest absolute Gasteiger partial charge is 0.474 e. The Balaban J connectivity index is 1.05. The Morgan fingerprint density at radius 3 is 2.62 bits per heavy atom. The van der Waals surface area contributed by atoms with Crippen LogP contribution in [0.15, 0.2) is 23.8 Å². The molecule has 3 aliphatic rings. The molecule has 7 rings (SSSR count). The maximum atomic E-state index is 13.2. The van der Waals surface area contributed by atoms with E-state index in [0.29, 0.717) is 11.2 Å². The lowest BCUT2D eigenvalue weighted by Gasteiger charge is -2.54. The molecule has 21 nitrogen and oxygen atoms in total. The standard InChI is InChI=1S/C22H28N10O11P2S2/c23-16-14-17(26-6-25-16)31(7-27-14)12-2-11-21(42-12,5-41-45(38,39)46)4-22(11,35)43-44(36,37)40-3-10-9(33)1-13(47-10)32-8-28-15-18(32)29-20(24)30-19(15)34/h6-13,33,35H,1-5H2,(H,36,37)(H2,23,25,26)(H2,38,39,46)(H3,24,29,30,34)/t9-,10+,11-,12+,13+,21+,22+/m0/s1. The highest BCUT2D eigenvalue weighted by atomic mass is 32.5. The van der Waals surface area contributed by atoms with Crippen LogP contribution in [0.1, 0.15) is 30.9 Å². The summed E-state index contributed by atoms with van der Waals surface area (Å²) in [6, 6.07) is 0. The number of anilines is 2. The molecule has 0 bridgehead atoms. The molecule has 1 saturated carbocycles. The third kappa shape index (κ3) is 5.98. The molecule has 4 aromatic rings.